The van der Waals surface area contributed by atoms with Crippen LogP contribution in [0, 0.1) is 0 Å². The highest BCUT2D eigenvalue weighted by molar-refractivity contribution is 5.91. The van der Waals surface area contributed by atoms with E-state index in [1.807, 2.05) is 6.92 Å². The normalized spacial score (nSPS) is 22.8. The number of amides is 1. The Morgan fingerprint density at radius 3 is 2.95 bits per heavy atom. The molecule has 0 aromatic carbocycles. The molecule has 1 heterocycles. The fourth-order valence-corrected chi connectivity index (χ4v) is 2.21. The second kappa shape index (κ2) is 6.47. The molecule has 2 atom stereocenters. The molecule has 0 bridgehead atoms. The number of hydrogen-bond acceptors (Lipinski definition) is 5. The Labute approximate surface area is 112 Å². The number of carbonyl (C=O) groups excluding carboxylic acids is 1. The first kappa shape index (κ1) is 13.7. The van der Waals surface area contributed by atoms with Gasteiger partial charge in [-0.15, -0.1) is 10.2 Å². The van der Waals surface area contributed by atoms with Crippen LogP contribution < -0.4 is 15.8 Å². The minimum absolute atomic E-state index is 0.105. The third-order valence-electron chi connectivity index (χ3n) is 3.16. The first-order valence-corrected chi connectivity index (χ1v) is 6.73. The number of nitrogens with one attached hydrogen (secondary N) is 1. The monoisotopic (exact) mass is 264 g/mol. The number of nitrogens with two attached hydrogens (primary N) is 1. The van der Waals surface area contributed by atoms with E-state index in [1.54, 1.807) is 12.1 Å². The first-order chi connectivity index (χ1) is 9.19. The Morgan fingerprint density at radius 2 is 2.32 bits per heavy atom. The third-order valence-corrected chi connectivity index (χ3v) is 3.16. The summed E-state index contributed by atoms with van der Waals surface area (Å²) in [7, 11) is 0. The average molecular weight is 264 g/mol. The molecule has 2 unspecified atom stereocenters. The maximum atomic E-state index is 11.5. The maximum absolute atomic E-state index is 11.5. The van der Waals surface area contributed by atoms with Crippen molar-refractivity contribution in [2.24, 2.45) is 5.73 Å². The van der Waals surface area contributed by atoms with Crippen LogP contribution in [-0.2, 0) is 0 Å². The summed E-state index contributed by atoms with van der Waals surface area (Å²) in [5.74, 6) is 0.230. The quantitative estimate of drug-likeness (QED) is 0.842. The molecule has 6 heteroatoms. The van der Waals surface area contributed by atoms with Crippen LogP contribution in [0.4, 0.5) is 0 Å². The molecular formula is C13H20N4O2. The van der Waals surface area contributed by atoms with Crippen molar-refractivity contribution >= 4 is 5.91 Å². The summed E-state index contributed by atoms with van der Waals surface area (Å²) in [5, 5.41) is 10.5. The average Bonchev–Trinajstić information content (AvgIpc) is 2.40. The lowest BCUT2D eigenvalue weighted by atomic mass is 9.94. The van der Waals surface area contributed by atoms with Crippen LogP contribution >= 0.6 is 0 Å². The molecule has 19 heavy (non-hydrogen) atoms. The van der Waals surface area contributed by atoms with Gasteiger partial charge >= 0.3 is 0 Å². The molecule has 0 saturated heterocycles. The van der Waals surface area contributed by atoms with Crippen molar-refractivity contribution in [3.05, 3.63) is 17.8 Å². The summed E-state index contributed by atoms with van der Waals surface area (Å²) in [5.41, 5.74) is 6.21. The Kier molecular flexibility index (Phi) is 4.68. The lowest BCUT2D eigenvalue weighted by Crippen LogP contribution is -2.34. The molecule has 1 saturated carbocycles. The minimum Gasteiger partial charge on any atom is -0.473 e. The second-order valence-electron chi connectivity index (χ2n) is 4.78. The molecule has 1 amide bonds. The fraction of sp³-hybridized carbons (Fsp3) is 0.615. The fourth-order valence-electron chi connectivity index (χ4n) is 2.21. The molecular weight excluding hydrogens is 244 g/mol. The van der Waals surface area contributed by atoms with Crippen molar-refractivity contribution in [1.29, 1.82) is 0 Å². The van der Waals surface area contributed by atoms with Crippen molar-refractivity contribution in [2.75, 3.05) is 6.54 Å². The van der Waals surface area contributed by atoms with E-state index in [0.29, 0.717) is 18.1 Å². The molecule has 1 aliphatic carbocycles. The summed E-state index contributed by atoms with van der Waals surface area (Å²) in [6.07, 6.45) is 4.08. The van der Waals surface area contributed by atoms with Gasteiger partial charge in [0.25, 0.3) is 5.91 Å². The number of carbonyl (C=O) groups is 1. The highest BCUT2D eigenvalue weighted by atomic mass is 16.5. The van der Waals surface area contributed by atoms with E-state index in [-0.39, 0.29) is 18.1 Å². The van der Waals surface area contributed by atoms with Gasteiger partial charge in [0.1, 0.15) is 6.10 Å². The zero-order valence-corrected chi connectivity index (χ0v) is 11.1. The summed E-state index contributed by atoms with van der Waals surface area (Å²) in [6.45, 7) is 2.42. The number of nitrogens with zero attached hydrogens (tertiary/aromatic N) is 2. The summed E-state index contributed by atoms with van der Waals surface area (Å²) < 4.78 is 5.74. The Balaban J connectivity index is 1.93. The van der Waals surface area contributed by atoms with Crippen LogP contribution in [0.1, 0.15) is 43.1 Å². The zero-order valence-electron chi connectivity index (χ0n) is 11.1. The van der Waals surface area contributed by atoms with Crippen LogP contribution in [0.15, 0.2) is 12.1 Å². The Bertz CT molecular complexity index is 421. The lowest BCUT2D eigenvalue weighted by Gasteiger charge is -2.26. The van der Waals surface area contributed by atoms with E-state index in [0.717, 1.165) is 25.7 Å². The topological polar surface area (TPSA) is 90.1 Å². The van der Waals surface area contributed by atoms with Gasteiger partial charge in [0.2, 0.25) is 5.88 Å². The SMILES string of the molecule is CCNC(=O)c1ccc(OC2CCCC(N)C2)nn1. The van der Waals surface area contributed by atoms with Gasteiger partial charge in [0, 0.05) is 18.7 Å². The van der Waals surface area contributed by atoms with Gasteiger partial charge in [-0.2, -0.15) is 0 Å². The molecule has 0 spiro atoms. The van der Waals surface area contributed by atoms with E-state index in [1.165, 1.54) is 0 Å². The van der Waals surface area contributed by atoms with Crippen molar-refractivity contribution in [3.63, 3.8) is 0 Å². The van der Waals surface area contributed by atoms with Crippen LogP contribution in [0.25, 0.3) is 0 Å². The van der Waals surface area contributed by atoms with Crippen LogP contribution in [0.5, 0.6) is 5.88 Å². The van der Waals surface area contributed by atoms with E-state index in [4.69, 9.17) is 10.5 Å². The Morgan fingerprint density at radius 1 is 1.47 bits per heavy atom. The van der Waals surface area contributed by atoms with Gasteiger partial charge in [-0.05, 0) is 38.7 Å². The van der Waals surface area contributed by atoms with Crippen LogP contribution in [0.2, 0.25) is 0 Å². The number of aromatic nitrogens is 2. The van der Waals surface area contributed by atoms with Crippen molar-refractivity contribution in [1.82, 2.24) is 15.5 Å². The van der Waals surface area contributed by atoms with Gasteiger partial charge in [-0.3, -0.25) is 4.79 Å². The van der Waals surface area contributed by atoms with Gasteiger partial charge < -0.3 is 15.8 Å². The second-order valence-corrected chi connectivity index (χ2v) is 4.78. The number of rotatable bonds is 4. The van der Waals surface area contributed by atoms with Crippen molar-refractivity contribution in [3.8, 4) is 5.88 Å². The molecule has 1 aromatic rings. The van der Waals surface area contributed by atoms with Crippen molar-refractivity contribution < 1.29 is 9.53 Å². The number of ether oxygens (including phenoxy) is 1. The number of hydrogen-bond donors (Lipinski definition) is 2. The highest BCUT2D eigenvalue weighted by Gasteiger charge is 2.21. The molecule has 6 nitrogen and oxygen atoms in total. The Hall–Kier alpha value is -1.69. The van der Waals surface area contributed by atoms with Gasteiger partial charge in [0.05, 0.1) is 0 Å². The summed E-state index contributed by atoms with van der Waals surface area (Å²) in [4.78, 5) is 11.5. The highest BCUT2D eigenvalue weighted by Crippen LogP contribution is 2.21. The van der Waals surface area contributed by atoms with E-state index < -0.39 is 0 Å². The van der Waals surface area contributed by atoms with Gasteiger partial charge in [-0.25, -0.2) is 0 Å². The van der Waals surface area contributed by atoms with Gasteiger partial charge in [0.15, 0.2) is 5.69 Å². The smallest absolute Gasteiger partial charge is 0.271 e. The molecule has 0 aliphatic heterocycles. The van der Waals surface area contributed by atoms with Crippen molar-refractivity contribution in [2.45, 2.75) is 44.8 Å². The largest absolute Gasteiger partial charge is 0.473 e. The van der Waals surface area contributed by atoms with E-state index >= 15 is 0 Å². The predicted molar refractivity (Wildman–Crippen MR) is 70.9 cm³/mol. The summed E-state index contributed by atoms with van der Waals surface area (Å²) in [6, 6.07) is 3.51. The summed E-state index contributed by atoms with van der Waals surface area (Å²) >= 11 is 0. The molecule has 3 N–H and O–H groups in total. The van der Waals surface area contributed by atoms with Crippen LogP contribution in [-0.4, -0.2) is 34.8 Å². The van der Waals surface area contributed by atoms with E-state index in [9.17, 15) is 4.79 Å². The molecule has 104 valence electrons. The van der Waals surface area contributed by atoms with E-state index in [2.05, 4.69) is 15.5 Å². The lowest BCUT2D eigenvalue weighted by molar-refractivity contribution is 0.0949. The zero-order chi connectivity index (χ0) is 13.7. The molecule has 1 fully saturated rings. The molecule has 1 aliphatic rings. The first-order valence-electron chi connectivity index (χ1n) is 6.73. The maximum Gasteiger partial charge on any atom is 0.271 e. The molecule has 0 radical (unpaired) electrons. The standard InChI is InChI=1S/C13H20N4O2/c1-2-15-13(18)11-6-7-12(17-16-11)19-10-5-3-4-9(14)8-10/h6-7,9-10H,2-5,8,14H2,1H3,(H,15,18). The molecule has 1 aromatic heterocycles. The van der Waals surface area contributed by atoms with Gasteiger partial charge in [-0.1, -0.05) is 0 Å². The minimum atomic E-state index is -0.221. The van der Waals surface area contributed by atoms with Crippen LogP contribution in [0.3, 0.4) is 0 Å². The third kappa shape index (κ3) is 3.89. The molecule has 2 rings (SSSR count). The predicted octanol–water partition coefficient (Wildman–Crippen LogP) is 0.875.